The Balaban J connectivity index is -0.0000000128. The second-order valence-corrected chi connectivity index (χ2v) is 2.45. The van der Waals surface area contributed by atoms with Crippen molar-refractivity contribution in [1.82, 2.24) is 0 Å². The molecule has 0 aliphatic heterocycles. The summed E-state index contributed by atoms with van der Waals surface area (Å²) >= 11 is 0. The van der Waals surface area contributed by atoms with Crippen molar-refractivity contribution in [3.8, 4) is 0 Å². The first-order valence-corrected chi connectivity index (χ1v) is 4.00. The molecule has 15 heavy (non-hydrogen) atoms. The molecular weight excluding hydrogens is 582 g/mol. The number of hydrogen-bond acceptors (Lipinski definition) is 8. The second kappa shape index (κ2) is 18.7. The topological polar surface area (TPSA) is 161 Å². The summed E-state index contributed by atoms with van der Waals surface area (Å²) in [4.78, 5) is 0. The SMILES string of the molecule is O=S(=O)([O-])[O-].O=S(=O)([O-])[O-].[Cl-].[Cl-].[Pd+2].[Pd+2].[Pd+2]. The minimum Gasteiger partial charge on any atom is -1.00 e. The fourth-order valence-electron chi connectivity index (χ4n) is 0. The van der Waals surface area contributed by atoms with Crippen LogP contribution in [-0.2, 0) is 82.1 Å². The molecule has 8 nitrogen and oxygen atoms in total. The Bertz CT molecular complexity index is 222. The van der Waals surface area contributed by atoms with E-state index in [1.54, 1.807) is 0 Å². The van der Waals surface area contributed by atoms with E-state index in [1.807, 2.05) is 0 Å². The third kappa shape index (κ3) is 627. The zero-order valence-corrected chi connectivity index (χ0v) is 13.6. The normalized spacial score (nSPS) is 7.73. The summed E-state index contributed by atoms with van der Waals surface area (Å²) in [6.45, 7) is 0. The molecule has 0 aromatic rings. The van der Waals surface area contributed by atoms with Gasteiger partial charge in [0.2, 0.25) is 0 Å². The zero-order chi connectivity index (χ0) is 9.00. The van der Waals surface area contributed by atoms with E-state index in [2.05, 4.69) is 0 Å². The van der Waals surface area contributed by atoms with Gasteiger partial charge in [0.15, 0.2) is 0 Å². The van der Waals surface area contributed by atoms with Crippen LogP contribution in [0.1, 0.15) is 0 Å². The quantitative estimate of drug-likeness (QED) is 0.155. The van der Waals surface area contributed by atoms with Crippen LogP contribution in [0.25, 0.3) is 0 Å². The first kappa shape index (κ1) is 43.3. The van der Waals surface area contributed by atoms with Crippen molar-refractivity contribution in [3.63, 3.8) is 0 Å². The van der Waals surface area contributed by atoms with Gasteiger partial charge in [-0.25, -0.2) is 0 Å². The van der Waals surface area contributed by atoms with Gasteiger partial charge in [0.05, 0.1) is 0 Å². The molecule has 0 radical (unpaired) electrons. The molecule has 0 amide bonds. The van der Waals surface area contributed by atoms with Crippen molar-refractivity contribution in [2.75, 3.05) is 0 Å². The summed E-state index contributed by atoms with van der Waals surface area (Å²) in [7, 11) is -10.3. The predicted molar refractivity (Wildman–Crippen MR) is 20.9 cm³/mol. The van der Waals surface area contributed by atoms with E-state index in [1.165, 1.54) is 0 Å². The van der Waals surface area contributed by atoms with Crippen LogP contribution < -0.4 is 24.8 Å². The molecule has 0 N–H and O–H groups in total. The molecule has 0 aromatic carbocycles. The molecule has 0 atom stereocenters. The smallest absolute Gasteiger partial charge is 1.00 e. The summed E-state index contributed by atoms with van der Waals surface area (Å²) < 4.78 is 68.2. The van der Waals surface area contributed by atoms with Crippen LogP contribution >= 0.6 is 0 Å². The molecule has 0 spiro atoms. The molecule has 104 valence electrons. The van der Waals surface area contributed by atoms with Crippen LogP contribution in [-0.4, -0.2) is 35.0 Å². The van der Waals surface area contributed by atoms with Crippen LogP contribution in [0.4, 0.5) is 0 Å². The van der Waals surface area contributed by atoms with Gasteiger partial charge < -0.3 is 43.0 Å². The summed E-state index contributed by atoms with van der Waals surface area (Å²) in [6, 6.07) is 0. The first-order chi connectivity index (χ1) is 4.00. The summed E-state index contributed by atoms with van der Waals surface area (Å²) in [5.41, 5.74) is 0. The number of hydrogen-bond donors (Lipinski definition) is 0. The van der Waals surface area contributed by atoms with Crippen molar-refractivity contribution in [2.45, 2.75) is 0 Å². The molecule has 0 saturated carbocycles. The van der Waals surface area contributed by atoms with Crippen LogP contribution in [0.15, 0.2) is 0 Å². The van der Waals surface area contributed by atoms with Crippen LogP contribution in [0, 0.1) is 0 Å². The Kier molecular flexibility index (Phi) is 53.9. The van der Waals surface area contributed by atoms with Crippen LogP contribution in [0.5, 0.6) is 0 Å². The Morgan fingerprint density at radius 1 is 0.533 bits per heavy atom. The third-order valence-corrected chi connectivity index (χ3v) is 0. The number of halogens is 2. The van der Waals surface area contributed by atoms with Crippen molar-refractivity contribution in [2.24, 2.45) is 0 Å². The maximum atomic E-state index is 8.52. The van der Waals surface area contributed by atoms with E-state index in [9.17, 15) is 0 Å². The van der Waals surface area contributed by atoms with Gasteiger partial charge in [-0.1, -0.05) is 0 Å². The fraction of sp³-hybridized carbons (Fsp3) is 0. The maximum absolute atomic E-state index is 8.52. The predicted octanol–water partition coefficient (Wildman–Crippen LogP) is -8.68. The fourth-order valence-corrected chi connectivity index (χ4v) is 0. The van der Waals surface area contributed by atoms with Crippen molar-refractivity contribution in [1.29, 1.82) is 0 Å². The maximum Gasteiger partial charge on any atom is 2.00 e. The van der Waals surface area contributed by atoms with E-state index < -0.39 is 20.8 Å². The van der Waals surface area contributed by atoms with E-state index in [4.69, 9.17) is 35.0 Å². The van der Waals surface area contributed by atoms with Gasteiger partial charge in [-0.05, 0) is 0 Å². The molecule has 0 fully saturated rings. The summed E-state index contributed by atoms with van der Waals surface area (Å²) in [5, 5.41) is 0. The van der Waals surface area contributed by atoms with Gasteiger partial charge in [-0.3, -0.25) is 16.8 Å². The Morgan fingerprint density at radius 2 is 0.533 bits per heavy atom. The van der Waals surface area contributed by atoms with Gasteiger partial charge in [-0.15, -0.1) is 0 Å². The van der Waals surface area contributed by atoms with Gasteiger partial charge >= 0.3 is 61.3 Å². The van der Waals surface area contributed by atoms with Gasteiger partial charge in [0.25, 0.3) is 0 Å². The van der Waals surface area contributed by atoms with E-state index in [-0.39, 0.29) is 86.1 Å². The van der Waals surface area contributed by atoms with Gasteiger partial charge in [0.1, 0.15) is 0 Å². The Hall–Kier alpha value is 2.31. The molecule has 15 heteroatoms. The average Bonchev–Trinajstić information content (AvgIpc) is 1.12. The zero-order valence-electron chi connectivity index (χ0n) is 5.79. The van der Waals surface area contributed by atoms with Crippen LogP contribution in [0.2, 0.25) is 0 Å². The Morgan fingerprint density at radius 3 is 0.533 bits per heavy atom. The number of rotatable bonds is 0. The summed E-state index contributed by atoms with van der Waals surface area (Å²) in [6.07, 6.45) is 0. The van der Waals surface area contributed by atoms with Gasteiger partial charge in [-0.2, -0.15) is 0 Å². The molecule has 0 rings (SSSR count). The minimum atomic E-state index is -5.17. The largest absolute Gasteiger partial charge is 2.00 e. The second-order valence-electron chi connectivity index (χ2n) is 0.816. The molecule has 0 aliphatic rings. The van der Waals surface area contributed by atoms with E-state index in [0.717, 1.165) is 0 Å². The standard InChI is InChI=1S/2ClH.2H2O4S.3Pd/c;;2*1-5(2,3)4;;;/h2*1H;2*(H2,1,2,3,4);;;/q;;;;3*+2/p-6. The van der Waals surface area contributed by atoms with Crippen molar-refractivity contribution >= 4 is 20.8 Å². The minimum absolute atomic E-state index is 0. The monoisotopic (exact) mass is 580 g/mol. The van der Waals surface area contributed by atoms with Crippen molar-refractivity contribution < 1.29 is 121 Å². The van der Waals surface area contributed by atoms with Gasteiger partial charge in [0, 0.05) is 20.8 Å². The molecule has 0 aromatic heterocycles. The molecular formula is Cl2O8Pd3S2. The summed E-state index contributed by atoms with van der Waals surface area (Å²) in [5.74, 6) is 0. The molecule has 0 bridgehead atoms. The molecule has 0 saturated heterocycles. The van der Waals surface area contributed by atoms with E-state index >= 15 is 0 Å². The Labute approximate surface area is 140 Å². The molecule has 0 unspecified atom stereocenters. The third-order valence-electron chi connectivity index (χ3n) is 0. The molecule has 0 aliphatic carbocycles. The van der Waals surface area contributed by atoms with E-state index in [0.29, 0.717) is 0 Å². The first-order valence-electron chi connectivity index (χ1n) is 1.33. The molecule has 0 heterocycles. The van der Waals surface area contributed by atoms with Crippen molar-refractivity contribution in [3.05, 3.63) is 0 Å². The average molecular weight is 582 g/mol. The van der Waals surface area contributed by atoms with Crippen LogP contribution in [0.3, 0.4) is 0 Å².